The molecule has 0 aliphatic rings. The van der Waals surface area contributed by atoms with Gasteiger partial charge in [0.2, 0.25) is 0 Å². The Kier molecular flexibility index (Phi) is 2.73. The summed E-state index contributed by atoms with van der Waals surface area (Å²) in [6, 6.07) is 1.96. The average Bonchev–Trinajstić information content (AvgIpc) is 2.50. The van der Waals surface area contributed by atoms with E-state index in [-0.39, 0.29) is 0 Å². The smallest absolute Gasteiger partial charge is 0.148 e. The highest BCUT2D eigenvalue weighted by Gasteiger charge is 2.03. The van der Waals surface area contributed by atoms with E-state index in [1.54, 1.807) is 12.4 Å². The van der Waals surface area contributed by atoms with Crippen molar-refractivity contribution in [3.63, 3.8) is 0 Å². The molecule has 2 aromatic rings. The van der Waals surface area contributed by atoms with Gasteiger partial charge in [-0.1, -0.05) is 0 Å². The van der Waals surface area contributed by atoms with Crippen molar-refractivity contribution in [1.82, 2.24) is 14.8 Å². The molecule has 4 nitrogen and oxygen atoms in total. The zero-order valence-corrected chi connectivity index (χ0v) is 9.90. The molecular formula is C10H11BrN4. The fraction of sp³-hybridized carbons (Fsp3) is 0.200. The Balaban J connectivity index is 2.26. The third kappa shape index (κ3) is 2.18. The van der Waals surface area contributed by atoms with E-state index in [1.807, 2.05) is 23.9 Å². The minimum absolute atomic E-state index is 0.583. The van der Waals surface area contributed by atoms with Gasteiger partial charge in [-0.05, 0) is 34.5 Å². The number of nitrogens with zero attached hydrogens (tertiary/aromatic N) is 3. The molecule has 2 rings (SSSR count). The van der Waals surface area contributed by atoms with Gasteiger partial charge in [0.1, 0.15) is 5.82 Å². The zero-order chi connectivity index (χ0) is 10.8. The number of hydrogen-bond donors (Lipinski definition) is 1. The SMILES string of the molecule is Cc1cn(Cc2ccncc2Br)nc1N. The van der Waals surface area contributed by atoms with Crippen LogP contribution in [0.1, 0.15) is 11.1 Å². The van der Waals surface area contributed by atoms with Gasteiger partial charge in [0, 0.05) is 28.6 Å². The molecule has 0 aliphatic heterocycles. The number of nitrogens with two attached hydrogens (primary N) is 1. The van der Waals surface area contributed by atoms with E-state index in [4.69, 9.17) is 5.73 Å². The van der Waals surface area contributed by atoms with Crippen LogP contribution in [0.15, 0.2) is 29.1 Å². The highest BCUT2D eigenvalue weighted by Crippen LogP contribution is 2.16. The van der Waals surface area contributed by atoms with E-state index in [0.717, 1.165) is 15.6 Å². The lowest BCUT2D eigenvalue weighted by molar-refractivity contribution is 0.687. The van der Waals surface area contributed by atoms with Crippen LogP contribution >= 0.6 is 15.9 Å². The van der Waals surface area contributed by atoms with E-state index < -0.39 is 0 Å². The van der Waals surface area contributed by atoms with Gasteiger partial charge in [-0.2, -0.15) is 5.10 Å². The fourth-order valence-electron chi connectivity index (χ4n) is 1.32. The largest absolute Gasteiger partial charge is 0.382 e. The first-order valence-corrected chi connectivity index (χ1v) is 5.34. The fourth-order valence-corrected chi connectivity index (χ4v) is 1.70. The Morgan fingerprint density at radius 3 is 2.93 bits per heavy atom. The maximum atomic E-state index is 5.68. The van der Waals surface area contributed by atoms with Gasteiger partial charge in [-0.25, -0.2) is 0 Å². The number of pyridine rings is 1. The number of nitrogen functional groups attached to an aromatic ring is 1. The summed E-state index contributed by atoms with van der Waals surface area (Å²) in [6.45, 7) is 2.64. The van der Waals surface area contributed by atoms with Crippen LogP contribution in [0.25, 0.3) is 0 Å². The molecule has 0 aromatic carbocycles. The van der Waals surface area contributed by atoms with Crippen molar-refractivity contribution in [3.8, 4) is 0 Å². The van der Waals surface area contributed by atoms with Crippen LogP contribution in [0.4, 0.5) is 5.82 Å². The van der Waals surface area contributed by atoms with Crippen LogP contribution in [0, 0.1) is 6.92 Å². The summed E-state index contributed by atoms with van der Waals surface area (Å²) in [5, 5.41) is 4.20. The maximum absolute atomic E-state index is 5.68. The molecule has 0 amide bonds. The molecule has 0 fully saturated rings. The Hall–Kier alpha value is -1.36. The molecule has 2 heterocycles. The molecule has 78 valence electrons. The third-order valence-electron chi connectivity index (χ3n) is 2.17. The van der Waals surface area contributed by atoms with Crippen LogP contribution in [-0.4, -0.2) is 14.8 Å². The van der Waals surface area contributed by atoms with E-state index in [0.29, 0.717) is 12.4 Å². The molecule has 0 atom stereocenters. The van der Waals surface area contributed by atoms with E-state index in [2.05, 4.69) is 26.0 Å². The second-order valence-electron chi connectivity index (χ2n) is 3.36. The normalized spacial score (nSPS) is 10.5. The molecule has 5 heteroatoms. The van der Waals surface area contributed by atoms with Crippen LogP contribution in [0.3, 0.4) is 0 Å². The zero-order valence-electron chi connectivity index (χ0n) is 8.31. The maximum Gasteiger partial charge on any atom is 0.148 e. The van der Waals surface area contributed by atoms with Crippen LogP contribution in [0.2, 0.25) is 0 Å². The van der Waals surface area contributed by atoms with Crippen LogP contribution < -0.4 is 5.73 Å². The summed E-state index contributed by atoms with van der Waals surface area (Å²) in [7, 11) is 0. The van der Waals surface area contributed by atoms with Gasteiger partial charge < -0.3 is 5.73 Å². The molecule has 0 bridgehead atoms. The lowest BCUT2D eigenvalue weighted by atomic mass is 10.3. The molecule has 0 unspecified atom stereocenters. The number of aryl methyl sites for hydroxylation is 1. The first kappa shape index (κ1) is 10.2. The minimum atomic E-state index is 0.583. The Labute approximate surface area is 96.3 Å². The summed E-state index contributed by atoms with van der Waals surface area (Å²) in [6.07, 6.45) is 5.47. The molecular weight excluding hydrogens is 256 g/mol. The summed E-state index contributed by atoms with van der Waals surface area (Å²) < 4.78 is 2.81. The quantitative estimate of drug-likeness (QED) is 0.905. The van der Waals surface area contributed by atoms with Crippen molar-refractivity contribution in [2.24, 2.45) is 0 Å². The Bertz CT molecular complexity index is 459. The van der Waals surface area contributed by atoms with E-state index in [1.165, 1.54) is 0 Å². The first-order chi connectivity index (χ1) is 7.16. The lowest BCUT2D eigenvalue weighted by Crippen LogP contribution is -2.01. The van der Waals surface area contributed by atoms with Gasteiger partial charge in [0.15, 0.2) is 0 Å². The van der Waals surface area contributed by atoms with E-state index >= 15 is 0 Å². The van der Waals surface area contributed by atoms with Crippen molar-refractivity contribution in [2.75, 3.05) is 5.73 Å². The number of rotatable bonds is 2. The summed E-state index contributed by atoms with van der Waals surface area (Å²) in [5.41, 5.74) is 7.81. The molecule has 0 aliphatic carbocycles. The minimum Gasteiger partial charge on any atom is -0.382 e. The highest BCUT2D eigenvalue weighted by molar-refractivity contribution is 9.10. The van der Waals surface area contributed by atoms with Crippen molar-refractivity contribution in [1.29, 1.82) is 0 Å². The Morgan fingerprint density at radius 1 is 1.53 bits per heavy atom. The van der Waals surface area contributed by atoms with Crippen LogP contribution in [-0.2, 0) is 6.54 Å². The summed E-state index contributed by atoms with van der Waals surface area (Å²) >= 11 is 3.44. The monoisotopic (exact) mass is 266 g/mol. The predicted octanol–water partition coefficient (Wildman–Crippen LogP) is 1.98. The van der Waals surface area contributed by atoms with Gasteiger partial charge in [0.05, 0.1) is 6.54 Å². The first-order valence-electron chi connectivity index (χ1n) is 4.55. The second kappa shape index (κ2) is 4.02. The number of aromatic nitrogens is 3. The standard InChI is InChI=1S/C10H11BrN4/c1-7-5-15(14-10(7)12)6-8-2-3-13-4-9(8)11/h2-5H,6H2,1H3,(H2,12,14). The highest BCUT2D eigenvalue weighted by atomic mass is 79.9. The van der Waals surface area contributed by atoms with Crippen molar-refractivity contribution < 1.29 is 0 Å². The predicted molar refractivity (Wildman–Crippen MR) is 62.4 cm³/mol. The third-order valence-corrected chi connectivity index (χ3v) is 2.89. The second-order valence-corrected chi connectivity index (χ2v) is 4.22. The molecule has 15 heavy (non-hydrogen) atoms. The number of halogens is 1. The lowest BCUT2D eigenvalue weighted by Gasteiger charge is -2.03. The van der Waals surface area contributed by atoms with Crippen molar-refractivity contribution in [3.05, 3.63) is 40.3 Å². The molecule has 0 saturated heterocycles. The number of hydrogen-bond acceptors (Lipinski definition) is 3. The molecule has 0 saturated carbocycles. The summed E-state index contributed by atoms with van der Waals surface area (Å²) in [4.78, 5) is 4.01. The molecule has 0 radical (unpaired) electrons. The van der Waals surface area contributed by atoms with Crippen molar-refractivity contribution in [2.45, 2.75) is 13.5 Å². The molecule has 0 spiro atoms. The Morgan fingerprint density at radius 2 is 2.33 bits per heavy atom. The van der Waals surface area contributed by atoms with Gasteiger partial charge in [-0.3, -0.25) is 9.67 Å². The summed E-state index contributed by atoms with van der Waals surface area (Å²) in [5.74, 6) is 0.583. The van der Waals surface area contributed by atoms with Crippen molar-refractivity contribution >= 4 is 21.7 Å². The average molecular weight is 267 g/mol. The topological polar surface area (TPSA) is 56.7 Å². The van der Waals surface area contributed by atoms with Crippen LogP contribution in [0.5, 0.6) is 0 Å². The van der Waals surface area contributed by atoms with Gasteiger partial charge >= 0.3 is 0 Å². The molecule has 2 aromatic heterocycles. The molecule has 2 N–H and O–H groups in total. The number of anilines is 1. The van der Waals surface area contributed by atoms with Gasteiger partial charge in [-0.15, -0.1) is 0 Å². The van der Waals surface area contributed by atoms with E-state index in [9.17, 15) is 0 Å². The van der Waals surface area contributed by atoms with Gasteiger partial charge in [0.25, 0.3) is 0 Å².